The summed E-state index contributed by atoms with van der Waals surface area (Å²) < 4.78 is 18.8. The largest absolute Gasteiger partial charge is 0.457 e. The monoisotopic (exact) mass is 316 g/mol. The number of carbonyl (C=O) groups is 1. The van der Waals surface area contributed by atoms with Gasteiger partial charge in [0.25, 0.3) is 0 Å². The van der Waals surface area contributed by atoms with Crippen LogP contribution in [0.25, 0.3) is 0 Å². The van der Waals surface area contributed by atoms with Gasteiger partial charge in [-0.15, -0.1) is 0 Å². The Kier molecular flexibility index (Phi) is 4.16. The van der Waals surface area contributed by atoms with Crippen molar-refractivity contribution in [2.45, 2.75) is 25.3 Å². The van der Waals surface area contributed by atoms with Crippen LogP contribution >= 0.6 is 0 Å². The van der Waals surface area contributed by atoms with Crippen molar-refractivity contribution in [1.29, 1.82) is 0 Å². The summed E-state index contributed by atoms with van der Waals surface area (Å²) in [5.41, 5.74) is 6.91. The number of fused-ring (bicyclic) bond motifs is 1. The number of hydroxylamine groups is 2. The van der Waals surface area contributed by atoms with Gasteiger partial charge in [0.1, 0.15) is 17.3 Å². The van der Waals surface area contributed by atoms with Crippen LogP contribution in [0.15, 0.2) is 42.5 Å². The van der Waals surface area contributed by atoms with Gasteiger partial charge in [0, 0.05) is 5.56 Å². The minimum atomic E-state index is -0.882. The van der Waals surface area contributed by atoms with Gasteiger partial charge in [0.05, 0.1) is 6.04 Å². The highest BCUT2D eigenvalue weighted by atomic mass is 19.1. The molecule has 6 heteroatoms. The fraction of sp³-hybridized carbons (Fsp3) is 0.235. The molecule has 1 aliphatic rings. The van der Waals surface area contributed by atoms with Gasteiger partial charge in [-0.25, -0.2) is 9.18 Å². The third kappa shape index (κ3) is 3.12. The van der Waals surface area contributed by atoms with Crippen molar-refractivity contribution in [3.8, 4) is 11.5 Å². The zero-order valence-corrected chi connectivity index (χ0v) is 12.4. The number of nitrogens with zero attached hydrogens (tertiary/aromatic N) is 1. The number of rotatable bonds is 3. The van der Waals surface area contributed by atoms with E-state index in [2.05, 4.69) is 0 Å². The molecule has 0 saturated heterocycles. The molecule has 2 amide bonds. The lowest BCUT2D eigenvalue weighted by molar-refractivity contribution is -0.0809. The molecule has 1 atom stereocenters. The van der Waals surface area contributed by atoms with Gasteiger partial charge in [-0.1, -0.05) is 12.1 Å². The Hall–Kier alpha value is -2.60. The molecule has 0 aromatic heterocycles. The van der Waals surface area contributed by atoms with Crippen LogP contribution in [0.2, 0.25) is 0 Å². The molecular formula is C17H17FN2O3. The molecule has 0 saturated carbocycles. The maximum absolute atomic E-state index is 13.0. The number of hydrogen-bond acceptors (Lipinski definition) is 3. The van der Waals surface area contributed by atoms with E-state index in [1.54, 1.807) is 18.2 Å². The molecule has 0 spiro atoms. The van der Waals surface area contributed by atoms with E-state index in [1.165, 1.54) is 12.1 Å². The lowest BCUT2D eigenvalue weighted by atomic mass is 9.87. The van der Waals surface area contributed by atoms with Crippen LogP contribution in [0.1, 0.15) is 30.0 Å². The second-order valence-corrected chi connectivity index (χ2v) is 5.47. The highest BCUT2D eigenvalue weighted by molar-refractivity contribution is 5.71. The van der Waals surface area contributed by atoms with Crippen molar-refractivity contribution < 1.29 is 19.1 Å². The Balaban J connectivity index is 1.93. The highest BCUT2D eigenvalue weighted by Crippen LogP contribution is 2.39. The fourth-order valence-electron chi connectivity index (χ4n) is 2.92. The van der Waals surface area contributed by atoms with E-state index in [4.69, 9.17) is 10.5 Å². The molecule has 0 radical (unpaired) electrons. The summed E-state index contributed by atoms with van der Waals surface area (Å²) in [5, 5.41) is 10.5. The quantitative estimate of drug-likeness (QED) is 0.668. The number of benzene rings is 2. The van der Waals surface area contributed by atoms with E-state index in [0.29, 0.717) is 23.0 Å². The first-order chi connectivity index (χ1) is 11.1. The zero-order chi connectivity index (χ0) is 16.4. The summed E-state index contributed by atoms with van der Waals surface area (Å²) in [4.78, 5) is 11.2. The predicted octanol–water partition coefficient (Wildman–Crippen LogP) is 3.77. The smallest absolute Gasteiger partial charge is 0.339 e. The molecule has 2 aromatic carbocycles. The van der Waals surface area contributed by atoms with E-state index in [-0.39, 0.29) is 5.82 Å². The summed E-state index contributed by atoms with van der Waals surface area (Å²) in [6.45, 7) is 0. The van der Waals surface area contributed by atoms with Gasteiger partial charge in [-0.3, -0.25) is 5.21 Å². The van der Waals surface area contributed by atoms with E-state index >= 15 is 0 Å². The van der Waals surface area contributed by atoms with Crippen LogP contribution < -0.4 is 10.5 Å². The molecule has 5 nitrogen and oxygen atoms in total. The molecule has 120 valence electrons. The number of amides is 2. The third-order valence-electron chi connectivity index (χ3n) is 4.00. The van der Waals surface area contributed by atoms with Crippen LogP contribution in [0.5, 0.6) is 11.5 Å². The Labute approximate surface area is 133 Å². The van der Waals surface area contributed by atoms with E-state index in [1.807, 2.05) is 12.1 Å². The lowest BCUT2D eigenvalue weighted by Gasteiger charge is -2.31. The molecule has 0 aliphatic heterocycles. The Morgan fingerprint density at radius 1 is 1.26 bits per heavy atom. The third-order valence-corrected chi connectivity index (χ3v) is 4.00. The fourth-order valence-corrected chi connectivity index (χ4v) is 2.92. The van der Waals surface area contributed by atoms with Crippen molar-refractivity contribution in [1.82, 2.24) is 5.06 Å². The molecule has 0 bridgehead atoms. The summed E-state index contributed by atoms with van der Waals surface area (Å²) >= 11 is 0. The van der Waals surface area contributed by atoms with Crippen molar-refractivity contribution >= 4 is 6.03 Å². The average Bonchev–Trinajstić information content (AvgIpc) is 2.56. The van der Waals surface area contributed by atoms with E-state index < -0.39 is 12.1 Å². The van der Waals surface area contributed by atoms with Crippen LogP contribution in [-0.2, 0) is 6.42 Å². The normalized spacial score (nSPS) is 16.5. The molecule has 0 fully saturated rings. The Bertz CT molecular complexity index is 718. The van der Waals surface area contributed by atoms with Gasteiger partial charge in [0.2, 0.25) is 0 Å². The maximum Gasteiger partial charge on any atom is 0.339 e. The number of hydrogen-bond donors (Lipinski definition) is 2. The highest BCUT2D eigenvalue weighted by Gasteiger charge is 2.29. The standard InChI is InChI=1S/C17H17FN2O3/c18-11-7-9-12(10-8-11)23-16-6-2-3-13-14(16)4-1-5-15(13)20(22)17(19)21/h2-3,6-10,15,22H,1,4-5H2,(H2,19,21). The summed E-state index contributed by atoms with van der Waals surface area (Å²) in [6.07, 6.45) is 2.20. The summed E-state index contributed by atoms with van der Waals surface area (Å²) in [7, 11) is 0. The molecule has 1 aliphatic carbocycles. The Morgan fingerprint density at radius 2 is 2.00 bits per heavy atom. The van der Waals surface area contributed by atoms with Crippen LogP contribution in [0.3, 0.4) is 0 Å². The molecule has 23 heavy (non-hydrogen) atoms. The van der Waals surface area contributed by atoms with E-state index in [0.717, 1.165) is 24.0 Å². The first-order valence-electron chi connectivity index (χ1n) is 7.39. The predicted molar refractivity (Wildman–Crippen MR) is 81.8 cm³/mol. The molecule has 3 N–H and O–H groups in total. The van der Waals surface area contributed by atoms with Crippen LogP contribution in [-0.4, -0.2) is 16.3 Å². The van der Waals surface area contributed by atoms with Crippen LogP contribution in [0, 0.1) is 5.82 Å². The Morgan fingerprint density at radius 3 is 2.70 bits per heavy atom. The molecule has 2 aromatic rings. The average molecular weight is 316 g/mol. The molecular weight excluding hydrogens is 299 g/mol. The van der Waals surface area contributed by atoms with Crippen LogP contribution in [0.4, 0.5) is 9.18 Å². The maximum atomic E-state index is 13.0. The minimum Gasteiger partial charge on any atom is -0.457 e. The number of nitrogens with two attached hydrogens (primary N) is 1. The second-order valence-electron chi connectivity index (χ2n) is 5.47. The van der Waals surface area contributed by atoms with Gasteiger partial charge in [-0.05, 0) is 55.2 Å². The minimum absolute atomic E-state index is 0.329. The van der Waals surface area contributed by atoms with Gasteiger partial charge in [0.15, 0.2) is 0 Å². The molecule has 0 heterocycles. The summed E-state index contributed by atoms with van der Waals surface area (Å²) in [5.74, 6) is 0.833. The molecule has 3 rings (SSSR count). The van der Waals surface area contributed by atoms with Crippen molar-refractivity contribution in [2.24, 2.45) is 5.73 Å². The van der Waals surface area contributed by atoms with Gasteiger partial charge in [-0.2, -0.15) is 5.06 Å². The first kappa shape index (κ1) is 15.3. The van der Waals surface area contributed by atoms with E-state index in [9.17, 15) is 14.4 Å². The lowest BCUT2D eigenvalue weighted by Crippen LogP contribution is -2.37. The SMILES string of the molecule is NC(=O)N(O)C1CCCc2c(Oc3ccc(F)cc3)cccc21. The first-order valence-corrected chi connectivity index (χ1v) is 7.39. The number of halogens is 1. The van der Waals surface area contributed by atoms with Crippen molar-refractivity contribution in [2.75, 3.05) is 0 Å². The number of ether oxygens (including phenoxy) is 1. The van der Waals surface area contributed by atoms with Crippen molar-refractivity contribution in [3.05, 3.63) is 59.4 Å². The summed E-state index contributed by atoms with van der Waals surface area (Å²) in [6, 6.07) is 9.87. The van der Waals surface area contributed by atoms with Gasteiger partial charge >= 0.3 is 6.03 Å². The molecule has 1 unspecified atom stereocenters. The number of urea groups is 1. The van der Waals surface area contributed by atoms with Crippen molar-refractivity contribution in [3.63, 3.8) is 0 Å². The van der Waals surface area contributed by atoms with Gasteiger partial charge < -0.3 is 10.5 Å². The second kappa shape index (κ2) is 6.26. The number of primary amides is 1. The number of carbonyl (C=O) groups excluding carboxylic acids is 1. The topological polar surface area (TPSA) is 75.8 Å². The zero-order valence-electron chi connectivity index (χ0n) is 12.4.